The van der Waals surface area contributed by atoms with Crippen LogP contribution in [0.5, 0.6) is 0 Å². The molecule has 1 aromatic carbocycles. The lowest BCUT2D eigenvalue weighted by Gasteiger charge is -2.48. The van der Waals surface area contributed by atoms with Crippen LogP contribution in [0.1, 0.15) is 31.2 Å². The highest BCUT2D eigenvalue weighted by Crippen LogP contribution is 2.29. The van der Waals surface area contributed by atoms with Crippen molar-refractivity contribution in [1.82, 2.24) is 19.6 Å². The van der Waals surface area contributed by atoms with Crippen LogP contribution in [0.25, 0.3) is 0 Å². The molecule has 2 unspecified atom stereocenters. The number of rotatable bonds is 8. The molecule has 0 saturated carbocycles. The fourth-order valence-corrected chi connectivity index (χ4v) is 5.46. The van der Waals surface area contributed by atoms with E-state index in [1.807, 2.05) is 0 Å². The van der Waals surface area contributed by atoms with E-state index in [0.717, 1.165) is 52.2 Å². The molecule has 3 aliphatic rings. The molecule has 1 amide bonds. The van der Waals surface area contributed by atoms with Crippen LogP contribution in [0.3, 0.4) is 0 Å². The summed E-state index contributed by atoms with van der Waals surface area (Å²) in [7, 11) is 3.25. The lowest BCUT2D eigenvalue weighted by molar-refractivity contribution is -0.140. The summed E-state index contributed by atoms with van der Waals surface area (Å²) < 4.78 is 10.4. The number of carbonyl (C=O) groups excluding carboxylic acids is 2. The number of ether oxygens (including phenoxy) is 2. The predicted molar refractivity (Wildman–Crippen MR) is 126 cm³/mol. The molecule has 0 aliphatic carbocycles. The van der Waals surface area contributed by atoms with Gasteiger partial charge in [-0.2, -0.15) is 0 Å². The highest BCUT2D eigenvalue weighted by Gasteiger charge is 2.40. The zero-order valence-electron chi connectivity index (χ0n) is 20.0. The second-order valence-electron chi connectivity index (χ2n) is 9.60. The average Bonchev–Trinajstić information content (AvgIpc) is 3.18. The zero-order valence-corrected chi connectivity index (χ0v) is 20.0. The van der Waals surface area contributed by atoms with Gasteiger partial charge >= 0.3 is 12.1 Å². The van der Waals surface area contributed by atoms with Crippen molar-refractivity contribution < 1.29 is 19.1 Å². The Morgan fingerprint density at radius 3 is 2.52 bits per heavy atom. The summed E-state index contributed by atoms with van der Waals surface area (Å²) >= 11 is 0. The van der Waals surface area contributed by atoms with E-state index in [9.17, 15) is 9.59 Å². The van der Waals surface area contributed by atoms with Gasteiger partial charge in [0, 0.05) is 45.7 Å². The first kappa shape index (κ1) is 24.0. The number of esters is 1. The minimum Gasteiger partial charge on any atom is -0.469 e. The van der Waals surface area contributed by atoms with Crippen molar-refractivity contribution in [3.63, 3.8) is 0 Å². The molecule has 1 aromatic rings. The summed E-state index contributed by atoms with van der Waals surface area (Å²) in [4.78, 5) is 32.6. The number of methoxy groups -OCH3 is 1. The van der Waals surface area contributed by atoms with Crippen molar-refractivity contribution in [1.29, 1.82) is 0 Å². The molecule has 33 heavy (non-hydrogen) atoms. The number of cyclic esters (lactones) is 1. The Hall–Kier alpha value is -2.16. The van der Waals surface area contributed by atoms with Crippen molar-refractivity contribution in [3.8, 4) is 0 Å². The molecule has 2 atom stereocenters. The minimum atomic E-state index is -0.230. The second-order valence-corrected chi connectivity index (χ2v) is 9.60. The van der Waals surface area contributed by atoms with E-state index in [-0.39, 0.29) is 18.3 Å². The van der Waals surface area contributed by atoms with Crippen molar-refractivity contribution >= 4 is 12.1 Å². The van der Waals surface area contributed by atoms with Crippen molar-refractivity contribution in [2.45, 2.75) is 44.5 Å². The van der Waals surface area contributed by atoms with Gasteiger partial charge in [0.15, 0.2) is 6.23 Å². The van der Waals surface area contributed by atoms with Crippen LogP contribution in [0.2, 0.25) is 0 Å². The normalized spacial score (nSPS) is 25.9. The van der Waals surface area contributed by atoms with Crippen molar-refractivity contribution in [2.24, 2.45) is 5.92 Å². The maximum absolute atomic E-state index is 11.9. The third-order valence-corrected chi connectivity index (χ3v) is 7.43. The Bertz CT molecular complexity index is 784. The molecule has 0 N–H and O–H groups in total. The Balaban J connectivity index is 1.36. The molecule has 0 radical (unpaired) electrons. The second kappa shape index (κ2) is 11.3. The van der Waals surface area contributed by atoms with Crippen LogP contribution < -0.4 is 0 Å². The van der Waals surface area contributed by atoms with Gasteiger partial charge in [-0.1, -0.05) is 30.3 Å². The largest absolute Gasteiger partial charge is 0.469 e. The maximum atomic E-state index is 11.9. The van der Waals surface area contributed by atoms with Gasteiger partial charge in [-0.15, -0.1) is 0 Å². The number of piperidine rings is 1. The summed E-state index contributed by atoms with van der Waals surface area (Å²) in [5.74, 6) is 0.466. The molecule has 0 aromatic heterocycles. The van der Waals surface area contributed by atoms with Gasteiger partial charge in [0.05, 0.1) is 13.7 Å². The molecule has 0 spiro atoms. The number of likely N-dealkylation sites (N-methyl/N-ethyl adjacent to an activating group) is 1. The summed E-state index contributed by atoms with van der Waals surface area (Å²) in [6.45, 7) is 7.48. The van der Waals surface area contributed by atoms with Crippen LogP contribution in [-0.4, -0.2) is 104 Å². The summed E-state index contributed by atoms with van der Waals surface area (Å²) in [5, 5.41) is 0. The number of hydrogen-bond acceptors (Lipinski definition) is 7. The molecule has 3 aliphatic heterocycles. The first-order valence-electron chi connectivity index (χ1n) is 12.3. The van der Waals surface area contributed by atoms with Crippen LogP contribution in [0.4, 0.5) is 4.79 Å². The fraction of sp³-hybridized carbons (Fsp3) is 0.680. The third kappa shape index (κ3) is 6.25. The van der Waals surface area contributed by atoms with Crippen LogP contribution >= 0.6 is 0 Å². The number of piperazine rings is 1. The zero-order chi connectivity index (χ0) is 23.2. The molecular weight excluding hydrogens is 420 g/mol. The summed E-state index contributed by atoms with van der Waals surface area (Å²) in [6, 6.07) is 11.1. The Kier molecular flexibility index (Phi) is 8.22. The molecule has 3 saturated heterocycles. The van der Waals surface area contributed by atoms with Crippen molar-refractivity contribution in [2.75, 3.05) is 60.0 Å². The van der Waals surface area contributed by atoms with E-state index in [1.165, 1.54) is 25.5 Å². The average molecular weight is 459 g/mol. The van der Waals surface area contributed by atoms with E-state index in [1.54, 1.807) is 11.9 Å². The summed E-state index contributed by atoms with van der Waals surface area (Å²) in [6.07, 6.45) is 3.24. The lowest BCUT2D eigenvalue weighted by Crippen LogP contribution is -2.60. The molecular formula is C25H38N4O4. The van der Waals surface area contributed by atoms with E-state index in [0.29, 0.717) is 24.9 Å². The van der Waals surface area contributed by atoms with Gasteiger partial charge in [-0.25, -0.2) is 4.79 Å². The van der Waals surface area contributed by atoms with Gasteiger partial charge in [-0.3, -0.25) is 19.5 Å². The number of likely N-dealkylation sites (tertiary alicyclic amines) is 1. The maximum Gasteiger partial charge on any atom is 0.411 e. The first-order valence-corrected chi connectivity index (χ1v) is 12.3. The molecule has 182 valence electrons. The van der Waals surface area contributed by atoms with Crippen LogP contribution in [-0.2, 0) is 20.8 Å². The highest BCUT2D eigenvalue weighted by atomic mass is 16.6. The predicted octanol–water partition coefficient (Wildman–Crippen LogP) is 2.25. The molecule has 8 heteroatoms. The van der Waals surface area contributed by atoms with Crippen LogP contribution in [0, 0.1) is 5.92 Å². The highest BCUT2D eigenvalue weighted by molar-refractivity contribution is 5.69. The topological polar surface area (TPSA) is 65.6 Å². The Morgan fingerprint density at radius 2 is 1.85 bits per heavy atom. The van der Waals surface area contributed by atoms with E-state index < -0.39 is 0 Å². The number of amides is 1. The minimum absolute atomic E-state index is 0.139. The first-order chi connectivity index (χ1) is 16.0. The standard InChI is InChI=1S/C25H38N4O4/c1-26-19-23(33-25(26)31)29-16-15-28(12-6-9-24(30)32-2)22(18-29)21-10-13-27(14-11-21)17-20-7-4-3-5-8-20/h3-5,7-8,21-23H,6,9-19H2,1-2H3. The molecule has 4 rings (SSSR count). The van der Waals surface area contributed by atoms with Gasteiger partial charge in [0.2, 0.25) is 0 Å². The summed E-state index contributed by atoms with van der Waals surface area (Å²) in [5.41, 5.74) is 1.37. The molecule has 0 bridgehead atoms. The molecule has 8 nitrogen and oxygen atoms in total. The third-order valence-electron chi connectivity index (χ3n) is 7.43. The number of hydrogen-bond donors (Lipinski definition) is 0. The van der Waals surface area contributed by atoms with Gasteiger partial charge in [0.25, 0.3) is 0 Å². The lowest BCUT2D eigenvalue weighted by atomic mass is 9.86. The monoisotopic (exact) mass is 458 g/mol. The number of nitrogens with zero attached hydrogens (tertiary/aromatic N) is 4. The van der Waals surface area contributed by atoms with E-state index >= 15 is 0 Å². The van der Waals surface area contributed by atoms with Gasteiger partial charge < -0.3 is 14.4 Å². The van der Waals surface area contributed by atoms with Gasteiger partial charge in [-0.05, 0) is 50.4 Å². The Labute approximate surface area is 197 Å². The van der Waals surface area contributed by atoms with Gasteiger partial charge in [0.1, 0.15) is 0 Å². The van der Waals surface area contributed by atoms with Crippen molar-refractivity contribution in [3.05, 3.63) is 35.9 Å². The van der Waals surface area contributed by atoms with Crippen LogP contribution in [0.15, 0.2) is 30.3 Å². The van der Waals surface area contributed by atoms with E-state index in [4.69, 9.17) is 9.47 Å². The SMILES string of the molecule is COC(=O)CCCN1CCN(C2CN(C)C(=O)O2)CC1C1CCN(Cc2ccccc2)CC1. The molecule has 3 heterocycles. The fourth-order valence-electron chi connectivity index (χ4n) is 5.46. The van der Waals surface area contributed by atoms with E-state index in [2.05, 4.69) is 45.0 Å². The smallest absolute Gasteiger partial charge is 0.411 e. The quantitative estimate of drug-likeness (QED) is 0.554. The number of benzene rings is 1. The Morgan fingerprint density at radius 1 is 1.09 bits per heavy atom. The number of carbonyl (C=O) groups is 2. The molecule has 3 fully saturated rings.